The highest BCUT2D eigenvalue weighted by atomic mass is 16.5. The molecule has 0 radical (unpaired) electrons. The van der Waals surface area contributed by atoms with E-state index in [9.17, 15) is 0 Å². The number of methoxy groups -OCH3 is 8. The third-order valence-electron chi connectivity index (χ3n) is 16.0. The Labute approximate surface area is 486 Å². The van der Waals surface area contributed by atoms with E-state index in [1.165, 1.54) is 14.2 Å². The van der Waals surface area contributed by atoms with Crippen molar-refractivity contribution >= 4 is 98.0 Å². The molecule has 4 aromatic heterocycles. The van der Waals surface area contributed by atoms with Crippen LogP contribution in [0.1, 0.15) is 0 Å². The van der Waals surface area contributed by atoms with Crippen LogP contribution in [0.25, 0.3) is 98.0 Å². The van der Waals surface area contributed by atoms with Gasteiger partial charge in [0.05, 0.1) is 89.7 Å². The minimum absolute atomic E-state index is 0.219. The number of rotatable bonds is 16. The molecule has 86 heavy (non-hydrogen) atoms. The molecule has 18 nitrogen and oxygen atoms in total. The van der Waals surface area contributed by atoms with Gasteiger partial charge in [-0.05, 0) is 97.1 Å². The lowest BCUT2D eigenvalue weighted by Crippen LogP contribution is -2.15. The minimum atomic E-state index is -0.367. The highest BCUT2D eigenvalue weighted by Crippen LogP contribution is 2.58. The van der Waals surface area contributed by atoms with Crippen molar-refractivity contribution in [3.63, 3.8) is 0 Å². The summed E-state index contributed by atoms with van der Waals surface area (Å²) in [6.45, 7) is 0. The maximum atomic E-state index is 15.9. The molecule has 0 fully saturated rings. The Morgan fingerprint density at radius 3 is 0.849 bits per heavy atom. The van der Waals surface area contributed by atoms with E-state index in [0.717, 1.165) is 0 Å². The number of pyridine rings is 2. The highest BCUT2D eigenvalue weighted by Gasteiger charge is 2.33. The first-order valence-corrected chi connectivity index (χ1v) is 27.1. The summed E-state index contributed by atoms with van der Waals surface area (Å²) in [6.07, 6.45) is 0. The smallest absolute Gasteiger partial charge is 0.264 e. The molecular weight excluding hydrogens is 1100 g/mol. The van der Waals surface area contributed by atoms with Crippen LogP contribution in [0.3, 0.4) is 0 Å². The largest absolute Gasteiger partial charge is 0.493 e. The lowest BCUT2D eigenvalue weighted by molar-refractivity contribution is 0.352. The van der Waals surface area contributed by atoms with Gasteiger partial charge in [0, 0.05) is 78.1 Å². The number of ether oxygens (including phenoxy) is 12. The van der Waals surface area contributed by atoms with E-state index in [1.54, 1.807) is 136 Å². The van der Waals surface area contributed by atoms with Crippen molar-refractivity contribution in [2.24, 2.45) is 0 Å². The summed E-state index contributed by atoms with van der Waals surface area (Å²) in [5.41, 5.74) is 2.37. The lowest BCUT2D eigenvalue weighted by atomic mass is 9.84. The molecule has 11 aromatic carbocycles. The van der Waals surface area contributed by atoms with Crippen LogP contribution >= 0.6 is 0 Å². The van der Waals surface area contributed by atoms with Crippen LogP contribution in [0.4, 0.5) is 0 Å². The Bertz CT molecular complexity index is 5080. The van der Waals surface area contributed by atoms with Gasteiger partial charge in [0.2, 0.25) is 0 Å². The number of fused-ring (bicyclic) bond motifs is 10. The van der Waals surface area contributed by atoms with E-state index in [1.807, 2.05) is 60.7 Å². The topological polar surface area (TPSA) is 180 Å². The number of nitrogens with zero attached hydrogens (tertiary/aromatic N) is 4. The predicted octanol–water partition coefficient (Wildman–Crippen LogP) is 14.5. The molecule has 0 atom stereocenters. The van der Waals surface area contributed by atoms with Crippen LogP contribution in [-0.4, -0.2) is 75.6 Å². The van der Waals surface area contributed by atoms with Gasteiger partial charge >= 0.3 is 0 Å². The monoisotopic (exact) mass is 1140 g/mol. The normalized spacial score (nSPS) is 11.8. The van der Waals surface area contributed by atoms with Gasteiger partial charge in [0.15, 0.2) is 46.0 Å². The van der Waals surface area contributed by atoms with Crippen molar-refractivity contribution in [3.8, 4) is 92.0 Å². The summed E-state index contributed by atoms with van der Waals surface area (Å²) in [7, 11) is 12.4. The van der Waals surface area contributed by atoms with E-state index >= 15 is 9.59 Å². The Hall–Kier alpha value is -11.4. The highest BCUT2D eigenvalue weighted by molar-refractivity contribution is 6.45. The van der Waals surface area contributed by atoms with Crippen LogP contribution in [0, 0.1) is 0 Å². The van der Waals surface area contributed by atoms with Crippen molar-refractivity contribution < 1.29 is 56.8 Å². The van der Waals surface area contributed by atoms with Gasteiger partial charge in [0.1, 0.15) is 57.3 Å². The van der Waals surface area contributed by atoms with Crippen molar-refractivity contribution in [1.82, 2.24) is 18.8 Å². The van der Waals surface area contributed by atoms with E-state index in [-0.39, 0.29) is 33.4 Å². The fourth-order valence-corrected chi connectivity index (χ4v) is 12.3. The summed E-state index contributed by atoms with van der Waals surface area (Å²) in [5, 5.41) is 5.56. The Morgan fingerprint density at radius 1 is 0.279 bits per heavy atom. The SMILES string of the molecule is COc1ccc(Oc2cc3c(=O)n4c5ccccc5nc4c4cc(Oc5ccc(OC)c(OC)c5)c5c6c(Oc7ccc(OC)c(OC)c7)cc7c(=O)n8c9ccccc9nc8c8cc(Oc9ccc(OC)c(OC)c9)c(c2c5c34)c6c78)cc1OC. The molecule has 18 heteroatoms. The third-order valence-corrected chi connectivity index (χ3v) is 16.0. The van der Waals surface area contributed by atoms with Gasteiger partial charge < -0.3 is 56.8 Å². The Morgan fingerprint density at radius 2 is 0.558 bits per heavy atom. The molecule has 0 bridgehead atoms. The van der Waals surface area contributed by atoms with Gasteiger partial charge in [-0.25, -0.2) is 9.97 Å². The molecule has 0 aliphatic heterocycles. The maximum absolute atomic E-state index is 15.9. The van der Waals surface area contributed by atoms with E-state index in [2.05, 4.69) is 0 Å². The van der Waals surface area contributed by atoms with Crippen molar-refractivity contribution in [3.05, 3.63) is 166 Å². The summed E-state index contributed by atoms with van der Waals surface area (Å²) >= 11 is 0. The summed E-state index contributed by atoms with van der Waals surface area (Å²) in [6, 6.07) is 43.2. The average Bonchev–Trinajstić information content (AvgIpc) is 1.14. The number of hydrogen-bond acceptors (Lipinski definition) is 16. The fourth-order valence-electron chi connectivity index (χ4n) is 12.3. The van der Waals surface area contributed by atoms with Crippen LogP contribution < -0.4 is 68.0 Å². The van der Waals surface area contributed by atoms with Gasteiger partial charge in [0.25, 0.3) is 11.1 Å². The quantitative estimate of drug-likeness (QED) is 0.0658. The van der Waals surface area contributed by atoms with Gasteiger partial charge in [-0.15, -0.1) is 0 Å². The number of aromatic nitrogens is 4. The molecule has 424 valence electrons. The molecule has 0 amide bonds. The lowest BCUT2D eigenvalue weighted by Gasteiger charge is -2.25. The Balaban J connectivity index is 1.22. The standard InChI is InChI=1S/C68H48N4O14/c1-75-45-21-17-33(25-49(45)79-5)83-53-29-37-57-39(67(73)71-43-15-11-9-13-41(43)69-65(37)71)32-56(86-36-20-24-48(78-4)52(28-36)82-8)62-60-54(84-34-18-22-46(76-2)50(26-34)80-6)30-38-58-40(68(74)72-44-16-12-10-14-42(44)70-66(38)72)31-55(61(64(58)60)59(53)63(57)62)85-35-19-23-47(77-3)51(27-35)81-7/h9-32H,1-8H3. The van der Waals surface area contributed by atoms with Crippen molar-refractivity contribution in [2.45, 2.75) is 0 Å². The number of para-hydroxylation sites is 4. The second kappa shape index (κ2) is 19.6. The molecule has 0 saturated carbocycles. The number of hydrogen-bond donors (Lipinski definition) is 0. The maximum Gasteiger partial charge on any atom is 0.264 e. The molecule has 0 saturated heterocycles. The zero-order valence-electron chi connectivity index (χ0n) is 47.4. The first-order valence-electron chi connectivity index (χ1n) is 27.1. The van der Waals surface area contributed by atoms with E-state index in [0.29, 0.717) is 168 Å². The molecule has 0 aliphatic rings. The van der Waals surface area contributed by atoms with Gasteiger partial charge in [-0.3, -0.25) is 18.4 Å². The van der Waals surface area contributed by atoms with Crippen molar-refractivity contribution in [2.75, 3.05) is 56.9 Å². The average molecular weight is 1150 g/mol. The first kappa shape index (κ1) is 51.5. The summed E-state index contributed by atoms with van der Waals surface area (Å²) in [4.78, 5) is 42.1. The third kappa shape index (κ3) is 7.51. The minimum Gasteiger partial charge on any atom is -0.493 e. The second-order valence-corrected chi connectivity index (χ2v) is 20.3. The molecule has 0 spiro atoms. The predicted molar refractivity (Wildman–Crippen MR) is 329 cm³/mol. The second-order valence-electron chi connectivity index (χ2n) is 20.3. The molecule has 0 unspecified atom stereocenters. The molecule has 15 aromatic rings. The van der Waals surface area contributed by atoms with Crippen LogP contribution in [0.2, 0.25) is 0 Å². The van der Waals surface area contributed by atoms with Crippen molar-refractivity contribution in [1.29, 1.82) is 0 Å². The van der Waals surface area contributed by atoms with Gasteiger partial charge in [-0.2, -0.15) is 0 Å². The van der Waals surface area contributed by atoms with Crippen LogP contribution in [-0.2, 0) is 0 Å². The van der Waals surface area contributed by atoms with Crippen LogP contribution in [0.15, 0.2) is 155 Å². The summed E-state index contributed by atoms with van der Waals surface area (Å²) < 4.78 is 78.5. The number of benzene rings is 11. The number of imidazole rings is 2. The molecular formula is C68H48N4O14. The van der Waals surface area contributed by atoms with Crippen LogP contribution in [0.5, 0.6) is 92.0 Å². The Kier molecular flexibility index (Phi) is 11.7. The first-order chi connectivity index (χ1) is 42.1. The fraction of sp³-hybridized carbons (Fsp3) is 0.118. The molecule has 4 heterocycles. The van der Waals surface area contributed by atoms with Gasteiger partial charge in [-0.1, -0.05) is 24.3 Å². The summed E-state index contributed by atoms with van der Waals surface area (Å²) in [5.74, 6) is 5.88. The zero-order valence-corrected chi connectivity index (χ0v) is 47.4. The zero-order chi connectivity index (χ0) is 58.8. The molecule has 15 rings (SSSR count). The molecule has 0 aliphatic carbocycles. The van der Waals surface area contributed by atoms with E-state index in [4.69, 9.17) is 66.8 Å². The molecule has 0 N–H and O–H groups in total. The van der Waals surface area contributed by atoms with E-state index < -0.39 is 0 Å².